The molecule has 25 heavy (non-hydrogen) atoms. The van der Waals surface area contributed by atoms with Crippen molar-refractivity contribution in [3.8, 4) is 11.8 Å². The van der Waals surface area contributed by atoms with E-state index < -0.39 is 0 Å². The largest absolute Gasteiger partial charge is 0.467 e. The van der Waals surface area contributed by atoms with Gasteiger partial charge in [0.15, 0.2) is 5.82 Å². The molecule has 130 valence electrons. The number of halogens is 1. The van der Waals surface area contributed by atoms with Crippen molar-refractivity contribution in [1.82, 2.24) is 14.6 Å². The molecule has 3 aromatic heterocycles. The molecule has 7 heteroatoms. The van der Waals surface area contributed by atoms with E-state index in [1.54, 1.807) is 17.7 Å². The lowest BCUT2D eigenvalue weighted by molar-refractivity contribution is 0.518. The topological polar surface area (TPSA) is 81.4 Å². The number of anilines is 1. The number of hydrogen-bond donors (Lipinski definition) is 2. The Hall–Kier alpha value is -2.49. The van der Waals surface area contributed by atoms with Gasteiger partial charge >= 0.3 is 0 Å². The first-order valence-corrected chi connectivity index (χ1v) is 8.41. The molecule has 0 aliphatic rings. The Bertz CT molecular complexity index is 948. The SMILES string of the molecule is CC#Cc1c(C[C@H](C)N)c(C)c2c(NCc3ccco3)nc(Cl)nn12. The van der Waals surface area contributed by atoms with Crippen LogP contribution in [-0.2, 0) is 13.0 Å². The number of aromatic nitrogens is 3. The van der Waals surface area contributed by atoms with Crippen molar-refractivity contribution in [1.29, 1.82) is 0 Å². The van der Waals surface area contributed by atoms with E-state index in [1.165, 1.54) is 0 Å². The van der Waals surface area contributed by atoms with Crippen LogP contribution in [-0.4, -0.2) is 20.6 Å². The molecule has 0 aliphatic heterocycles. The highest BCUT2D eigenvalue weighted by Gasteiger charge is 2.20. The Morgan fingerprint density at radius 3 is 2.92 bits per heavy atom. The third kappa shape index (κ3) is 3.48. The van der Waals surface area contributed by atoms with Crippen LogP contribution in [0.3, 0.4) is 0 Å². The van der Waals surface area contributed by atoms with Crippen molar-refractivity contribution in [3.63, 3.8) is 0 Å². The Labute approximate surface area is 151 Å². The smallest absolute Gasteiger partial charge is 0.243 e. The Morgan fingerprint density at radius 1 is 1.48 bits per heavy atom. The fourth-order valence-corrected chi connectivity index (χ4v) is 3.03. The maximum absolute atomic E-state index is 6.14. The fraction of sp³-hybridized carbons (Fsp3) is 0.333. The van der Waals surface area contributed by atoms with Gasteiger partial charge in [0.25, 0.3) is 0 Å². The average Bonchev–Trinajstić information content (AvgIpc) is 3.15. The van der Waals surface area contributed by atoms with Crippen molar-refractivity contribution in [2.24, 2.45) is 5.73 Å². The number of nitrogens with two attached hydrogens (primary N) is 1. The van der Waals surface area contributed by atoms with Crippen molar-refractivity contribution < 1.29 is 4.42 Å². The molecular weight excluding hydrogens is 338 g/mol. The van der Waals surface area contributed by atoms with Crippen LogP contribution < -0.4 is 11.1 Å². The van der Waals surface area contributed by atoms with Crippen LogP contribution in [0, 0.1) is 18.8 Å². The zero-order valence-corrected chi connectivity index (χ0v) is 15.2. The van der Waals surface area contributed by atoms with Gasteiger partial charge in [0.05, 0.1) is 12.8 Å². The Morgan fingerprint density at radius 2 is 2.28 bits per heavy atom. The van der Waals surface area contributed by atoms with E-state index in [9.17, 15) is 0 Å². The average molecular weight is 358 g/mol. The summed E-state index contributed by atoms with van der Waals surface area (Å²) in [7, 11) is 0. The second-order valence-corrected chi connectivity index (χ2v) is 6.27. The molecule has 0 saturated heterocycles. The van der Waals surface area contributed by atoms with Gasteiger partial charge in [-0.1, -0.05) is 5.92 Å². The predicted octanol–water partition coefficient (Wildman–Crippen LogP) is 3.16. The summed E-state index contributed by atoms with van der Waals surface area (Å²) in [6.07, 6.45) is 2.34. The molecule has 0 fully saturated rings. The number of fused-ring (bicyclic) bond motifs is 1. The molecule has 3 N–H and O–H groups in total. The van der Waals surface area contributed by atoms with Gasteiger partial charge in [-0.25, -0.2) is 4.52 Å². The van der Waals surface area contributed by atoms with Crippen LogP contribution in [0.15, 0.2) is 22.8 Å². The second-order valence-electron chi connectivity index (χ2n) is 5.93. The molecule has 0 radical (unpaired) electrons. The normalized spacial score (nSPS) is 12.0. The summed E-state index contributed by atoms with van der Waals surface area (Å²) < 4.78 is 7.12. The third-order valence-electron chi connectivity index (χ3n) is 3.91. The van der Waals surface area contributed by atoms with Crippen LogP contribution in [0.2, 0.25) is 5.28 Å². The lowest BCUT2D eigenvalue weighted by Crippen LogP contribution is -2.18. The summed E-state index contributed by atoms with van der Waals surface area (Å²) in [6.45, 7) is 6.30. The van der Waals surface area contributed by atoms with Crippen LogP contribution in [0.5, 0.6) is 0 Å². The highest BCUT2D eigenvalue weighted by Crippen LogP contribution is 2.29. The van der Waals surface area contributed by atoms with E-state index in [4.69, 9.17) is 21.8 Å². The van der Waals surface area contributed by atoms with Gasteiger partial charge in [0.2, 0.25) is 5.28 Å². The molecule has 0 unspecified atom stereocenters. The van der Waals surface area contributed by atoms with Gasteiger partial charge in [0, 0.05) is 6.04 Å². The molecule has 0 amide bonds. The molecule has 0 saturated carbocycles. The minimum absolute atomic E-state index is 0.0106. The zero-order valence-electron chi connectivity index (χ0n) is 14.4. The van der Waals surface area contributed by atoms with Crippen molar-refractivity contribution >= 4 is 22.9 Å². The summed E-state index contributed by atoms with van der Waals surface area (Å²) in [5, 5.41) is 7.78. The Balaban J connectivity index is 2.15. The molecule has 0 aromatic carbocycles. The molecular formula is C18H20ClN5O. The van der Waals surface area contributed by atoms with E-state index in [0.29, 0.717) is 18.8 Å². The zero-order chi connectivity index (χ0) is 18.0. The molecule has 1 atom stereocenters. The van der Waals surface area contributed by atoms with Gasteiger partial charge in [-0.3, -0.25) is 0 Å². The highest BCUT2D eigenvalue weighted by atomic mass is 35.5. The monoisotopic (exact) mass is 357 g/mol. The minimum atomic E-state index is 0.0106. The maximum atomic E-state index is 6.14. The summed E-state index contributed by atoms with van der Waals surface area (Å²) >= 11 is 6.14. The molecule has 3 rings (SSSR count). The lowest BCUT2D eigenvalue weighted by atomic mass is 10.0. The van der Waals surface area contributed by atoms with E-state index in [2.05, 4.69) is 27.2 Å². The van der Waals surface area contributed by atoms with Gasteiger partial charge in [-0.2, -0.15) is 4.98 Å². The molecule has 0 bridgehead atoms. The van der Waals surface area contributed by atoms with Gasteiger partial charge in [0.1, 0.15) is 17.0 Å². The first kappa shape index (κ1) is 17.3. The quantitative estimate of drug-likeness (QED) is 0.685. The van der Waals surface area contributed by atoms with Crippen LogP contribution in [0.25, 0.3) is 5.52 Å². The van der Waals surface area contributed by atoms with E-state index >= 15 is 0 Å². The third-order valence-corrected chi connectivity index (χ3v) is 4.07. The molecule has 3 heterocycles. The van der Waals surface area contributed by atoms with Crippen molar-refractivity contribution in [3.05, 3.63) is 46.3 Å². The first-order chi connectivity index (χ1) is 12.0. The lowest BCUT2D eigenvalue weighted by Gasteiger charge is -2.07. The molecule has 3 aromatic rings. The second kappa shape index (κ2) is 7.18. The molecule has 0 aliphatic carbocycles. The number of hydrogen-bond acceptors (Lipinski definition) is 5. The van der Waals surface area contributed by atoms with Gasteiger partial charge < -0.3 is 15.5 Å². The molecule has 0 spiro atoms. The number of rotatable bonds is 5. The summed E-state index contributed by atoms with van der Waals surface area (Å²) in [5.41, 5.74) is 9.80. The van der Waals surface area contributed by atoms with E-state index in [1.807, 2.05) is 26.0 Å². The Kier molecular flexibility index (Phi) is 4.98. The first-order valence-electron chi connectivity index (χ1n) is 8.03. The van der Waals surface area contributed by atoms with Crippen LogP contribution in [0.1, 0.15) is 36.4 Å². The minimum Gasteiger partial charge on any atom is -0.467 e. The maximum Gasteiger partial charge on any atom is 0.243 e. The predicted molar refractivity (Wildman–Crippen MR) is 98.7 cm³/mol. The summed E-state index contributed by atoms with van der Waals surface area (Å²) in [6, 6.07) is 3.75. The molecule has 6 nitrogen and oxygen atoms in total. The highest BCUT2D eigenvalue weighted by molar-refractivity contribution is 6.28. The van der Waals surface area contributed by atoms with E-state index in [-0.39, 0.29) is 11.3 Å². The summed E-state index contributed by atoms with van der Waals surface area (Å²) in [4.78, 5) is 4.36. The van der Waals surface area contributed by atoms with Crippen LogP contribution >= 0.6 is 11.6 Å². The summed E-state index contributed by atoms with van der Waals surface area (Å²) in [5.74, 6) is 7.53. The number of furan rings is 1. The number of nitrogens with one attached hydrogen (secondary N) is 1. The number of aryl methyl sites for hydroxylation is 1. The standard InChI is InChI=1S/C18H20ClN5O/c1-4-6-15-14(9-11(2)20)12(3)16-17(22-18(19)23-24(15)16)21-10-13-7-5-8-25-13/h5,7-8,11H,9-10,20H2,1-3H3,(H,21,22,23)/t11-/m0/s1. The fourth-order valence-electron chi connectivity index (χ4n) is 2.87. The van der Waals surface area contributed by atoms with Crippen molar-refractivity contribution in [2.45, 2.75) is 39.8 Å². The van der Waals surface area contributed by atoms with Crippen molar-refractivity contribution in [2.75, 3.05) is 5.32 Å². The number of nitrogens with zero attached hydrogens (tertiary/aromatic N) is 3. The van der Waals surface area contributed by atoms with Crippen LogP contribution in [0.4, 0.5) is 5.82 Å². The van der Waals surface area contributed by atoms with Gasteiger partial charge in [-0.15, -0.1) is 5.10 Å². The van der Waals surface area contributed by atoms with E-state index in [0.717, 1.165) is 28.1 Å². The van der Waals surface area contributed by atoms with Gasteiger partial charge in [-0.05, 0) is 68.0 Å².